The van der Waals surface area contributed by atoms with Crippen LogP contribution in [0.25, 0.3) is 11.3 Å². The Labute approximate surface area is 151 Å². The smallest absolute Gasteiger partial charge is 0.220 e. The van der Waals surface area contributed by atoms with Crippen molar-refractivity contribution in [3.8, 4) is 11.3 Å². The van der Waals surface area contributed by atoms with E-state index in [0.717, 1.165) is 53.6 Å². The third kappa shape index (κ3) is 5.03. The second-order valence-electron chi connectivity index (χ2n) is 5.91. The Balaban J connectivity index is 1.40. The van der Waals surface area contributed by atoms with E-state index in [1.54, 1.807) is 11.3 Å². The van der Waals surface area contributed by atoms with Crippen LogP contribution in [0.4, 0.5) is 0 Å². The summed E-state index contributed by atoms with van der Waals surface area (Å²) in [6.45, 7) is 1.46. The number of ether oxygens (including phenoxy) is 1. The highest BCUT2D eigenvalue weighted by atomic mass is 35.5. The molecule has 0 bridgehead atoms. The van der Waals surface area contributed by atoms with Crippen molar-refractivity contribution < 1.29 is 9.53 Å². The number of carbonyl (C=O) groups is 1. The van der Waals surface area contributed by atoms with E-state index in [0.29, 0.717) is 13.0 Å². The maximum absolute atomic E-state index is 11.9. The predicted octanol–water partition coefficient (Wildman–Crippen LogP) is 4.08. The molecule has 3 rings (SSSR count). The van der Waals surface area contributed by atoms with E-state index in [2.05, 4.69) is 10.3 Å². The molecule has 6 heteroatoms. The molecule has 1 aromatic heterocycles. The predicted molar refractivity (Wildman–Crippen MR) is 97.5 cm³/mol. The number of carbonyl (C=O) groups excluding carboxylic acids is 1. The summed E-state index contributed by atoms with van der Waals surface area (Å²) in [5.74, 6) is 0.0972. The van der Waals surface area contributed by atoms with Crippen molar-refractivity contribution in [1.29, 1.82) is 0 Å². The van der Waals surface area contributed by atoms with Crippen molar-refractivity contribution in [2.45, 2.75) is 38.2 Å². The number of nitrogens with one attached hydrogen (secondary N) is 1. The molecular weight excluding hydrogens is 344 g/mol. The lowest BCUT2D eigenvalue weighted by molar-refractivity contribution is -0.121. The van der Waals surface area contributed by atoms with E-state index in [4.69, 9.17) is 16.3 Å². The van der Waals surface area contributed by atoms with Gasteiger partial charge in [-0.3, -0.25) is 4.79 Å². The lowest BCUT2D eigenvalue weighted by Crippen LogP contribution is -2.26. The molecule has 1 fully saturated rings. The summed E-state index contributed by atoms with van der Waals surface area (Å²) in [4.78, 5) is 16.5. The van der Waals surface area contributed by atoms with E-state index in [9.17, 15) is 4.79 Å². The van der Waals surface area contributed by atoms with Crippen molar-refractivity contribution >= 4 is 28.8 Å². The number of benzene rings is 1. The van der Waals surface area contributed by atoms with Crippen LogP contribution in [-0.4, -0.2) is 30.1 Å². The molecule has 1 aliphatic heterocycles. The van der Waals surface area contributed by atoms with E-state index in [-0.39, 0.29) is 12.0 Å². The molecule has 0 aliphatic carbocycles. The molecule has 0 spiro atoms. The topological polar surface area (TPSA) is 51.2 Å². The minimum Gasteiger partial charge on any atom is -0.378 e. The van der Waals surface area contributed by atoms with Gasteiger partial charge < -0.3 is 10.1 Å². The normalized spacial score (nSPS) is 17.1. The fourth-order valence-electron chi connectivity index (χ4n) is 2.74. The molecule has 1 N–H and O–H groups in total. The number of amides is 1. The van der Waals surface area contributed by atoms with Gasteiger partial charge >= 0.3 is 0 Å². The number of nitrogens with zero attached hydrogens (tertiary/aromatic N) is 1. The number of hydrogen-bond acceptors (Lipinski definition) is 4. The van der Waals surface area contributed by atoms with Gasteiger partial charge in [-0.1, -0.05) is 23.7 Å². The Kier molecular flexibility index (Phi) is 6.24. The summed E-state index contributed by atoms with van der Waals surface area (Å²) in [5.41, 5.74) is 2.01. The number of thiazole rings is 1. The number of aromatic nitrogens is 1. The molecule has 4 nitrogen and oxygen atoms in total. The molecule has 0 radical (unpaired) electrons. The van der Waals surface area contributed by atoms with Crippen molar-refractivity contribution in [1.82, 2.24) is 10.3 Å². The van der Waals surface area contributed by atoms with Crippen LogP contribution in [0.15, 0.2) is 29.6 Å². The maximum Gasteiger partial charge on any atom is 0.220 e. The summed E-state index contributed by atoms with van der Waals surface area (Å²) in [5, 5.41) is 6.76. The molecule has 2 heterocycles. The van der Waals surface area contributed by atoms with Crippen LogP contribution >= 0.6 is 22.9 Å². The highest BCUT2D eigenvalue weighted by Gasteiger charge is 2.16. The zero-order chi connectivity index (χ0) is 16.8. The minimum atomic E-state index is 0.0972. The maximum atomic E-state index is 11.9. The van der Waals surface area contributed by atoms with Gasteiger partial charge in [0.25, 0.3) is 0 Å². The van der Waals surface area contributed by atoms with E-state index >= 15 is 0 Å². The molecule has 0 saturated carbocycles. The number of halogens is 1. The lowest BCUT2D eigenvalue weighted by Gasteiger charge is -2.08. The van der Waals surface area contributed by atoms with Gasteiger partial charge in [-0.2, -0.15) is 0 Å². The number of hydrogen-bond donors (Lipinski definition) is 1. The Morgan fingerprint density at radius 3 is 2.96 bits per heavy atom. The average molecular weight is 365 g/mol. The zero-order valence-electron chi connectivity index (χ0n) is 13.5. The molecule has 1 amide bonds. The molecule has 0 unspecified atom stereocenters. The second kappa shape index (κ2) is 8.60. The van der Waals surface area contributed by atoms with Crippen molar-refractivity contribution in [3.63, 3.8) is 0 Å². The molecule has 1 saturated heterocycles. The van der Waals surface area contributed by atoms with E-state index in [1.807, 2.05) is 29.6 Å². The fraction of sp³-hybridized carbons (Fsp3) is 0.444. The first-order valence-electron chi connectivity index (χ1n) is 8.29. The highest BCUT2D eigenvalue weighted by molar-refractivity contribution is 7.09. The van der Waals surface area contributed by atoms with Gasteiger partial charge in [-0.15, -0.1) is 11.3 Å². The average Bonchev–Trinajstić information content (AvgIpc) is 3.25. The Bertz CT molecular complexity index is 666. The van der Waals surface area contributed by atoms with Crippen molar-refractivity contribution in [3.05, 3.63) is 39.7 Å². The van der Waals surface area contributed by atoms with Crippen LogP contribution in [-0.2, 0) is 16.0 Å². The first kappa shape index (κ1) is 17.4. The van der Waals surface area contributed by atoms with Gasteiger partial charge in [0.2, 0.25) is 5.91 Å². The van der Waals surface area contributed by atoms with Crippen LogP contribution in [0.5, 0.6) is 0 Å². The van der Waals surface area contributed by atoms with E-state index < -0.39 is 0 Å². The first-order chi connectivity index (χ1) is 11.7. The summed E-state index contributed by atoms with van der Waals surface area (Å²) in [6, 6.07) is 7.66. The third-order valence-corrected chi connectivity index (χ3v) is 5.23. The van der Waals surface area contributed by atoms with Gasteiger partial charge in [0.1, 0.15) is 0 Å². The van der Waals surface area contributed by atoms with Crippen LogP contribution in [0.1, 0.15) is 30.7 Å². The first-order valence-corrected chi connectivity index (χ1v) is 9.55. The summed E-state index contributed by atoms with van der Waals surface area (Å²) < 4.78 is 5.53. The van der Waals surface area contributed by atoms with Crippen molar-refractivity contribution in [2.24, 2.45) is 0 Å². The fourth-order valence-corrected chi connectivity index (χ4v) is 3.67. The zero-order valence-corrected chi connectivity index (χ0v) is 15.0. The van der Waals surface area contributed by atoms with Crippen LogP contribution in [0, 0.1) is 0 Å². The molecule has 1 aliphatic rings. The summed E-state index contributed by atoms with van der Waals surface area (Å²) in [6.07, 6.45) is 4.59. The monoisotopic (exact) mass is 364 g/mol. The molecule has 2 aromatic rings. The Morgan fingerprint density at radius 2 is 2.21 bits per heavy atom. The Hall–Kier alpha value is -1.43. The molecular formula is C18H21ClN2O2S. The van der Waals surface area contributed by atoms with Gasteiger partial charge in [0.15, 0.2) is 0 Å². The third-order valence-electron chi connectivity index (χ3n) is 4.07. The largest absolute Gasteiger partial charge is 0.378 e. The lowest BCUT2D eigenvalue weighted by atomic mass is 10.1. The van der Waals surface area contributed by atoms with Crippen molar-refractivity contribution in [2.75, 3.05) is 13.2 Å². The van der Waals surface area contributed by atoms with Crippen LogP contribution < -0.4 is 5.32 Å². The molecule has 128 valence electrons. The van der Waals surface area contributed by atoms with Gasteiger partial charge in [0.05, 0.1) is 16.8 Å². The standard InChI is InChI=1S/C18H21ClN2O2S/c19-14-5-3-13(4-6-14)16-12-24-18(21-16)9-10-20-17(22)8-7-15-2-1-11-23-15/h3-6,12,15H,1-2,7-11H2,(H,20,22)/t15-/m1/s1. The second-order valence-corrected chi connectivity index (χ2v) is 7.29. The molecule has 24 heavy (non-hydrogen) atoms. The highest BCUT2D eigenvalue weighted by Crippen LogP contribution is 2.23. The Morgan fingerprint density at radius 1 is 1.38 bits per heavy atom. The van der Waals surface area contributed by atoms with Gasteiger partial charge in [0, 0.05) is 42.0 Å². The SMILES string of the molecule is O=C(CC[C@H]1CCCO1)NCCc1nc(-c2ccc(Cl)cc2)cs1. The number of rotatable bonds is 7. The summed E-state index contributed by atoms with van der Waals surface area (Å²) in [7, 11) is 0. The summed E-state index contributed by atoms with van der Waals surface area (Å²) >= 11 is 7.52. The van der Waals surface area contributed by atoms with Crippen LogP contribution in [0.3, 0.4) is 0 Å². The van der Waals surface area contributed by atoms with Gasteiger partial charge in [-0.05, 0) is 31.4 Å². The molecule has 1 aromatic carbocycles. The van der Waals surface area contributed by atoms with Gasteiger partial charge in [-0.25, -0.2) is 4.98 Å². The van der Waals surface area contributed by atoms with E-state index in [1.165, 1.54) is 0 Å². The van der Waals surface area contributed by atoms with Crippen LogP contribution in [0.2, 0.25) is 5.02 Å². The minimum absolute atomic E-state index is 0.0972. The molecule has 1 atom stereocenters. The quantitative estimate of drug-likeness (QED) is 0.805.